The van der Waals surface area contributed by atoms with E-state index in [9.17, 15) is 0 Å². The Morgan fingerprint density at radius 2 is 1.78 bits per heavy atom. The molecule has 2 rings (SSSR count). The van der Waals surface area contributed by atoms with Gasteiger partial charge in [-0.3, -0.25) is 0 Å². The van der Waals surface area contributed by atoms with Crippen molar-refractivity contribution in [3.8, 4) is 11.6 Å². The van der Waals surface area contributed by atoms with Crippen molar-refractivity contribution in [2.24, 2.45) is 0 Å². The highest BCUT2D eigenvalue weighted by molar-refractivity contribution is 5.52. The number of nitrogens with two attached hydrogens (primary N) is 1. The van der Waals surface area contributed by atoms with Crippen LogP contribution < -0.4 is 10.5 Å². The fourth-order valence-corrected chi connectivity index (χ4v) is 1.84. The smallest absolute Gasteiger partial charge is 0.242 e. The zero-order valence-electron chi connectivity index (χ0n) is 11.2. The predicted octanol–water partition coefficient (Wildman–Crippen LogP) is 3.69. The molecule has 0 radical (unpaired) electrons. The molecule has 0 aliphatic carbocycles. The number of benzene rings is 1. The Balaban J connectivity index is 2.43. The van der Waals surface area contributed by atoms with Crippen molar-refractivity contribution in [3.05, 3.63) is 46.6 Å². The van der Waals surface area contributed by atoms with Crippen LogP contribution in [0.1, 0.15) is 22.4 Å². The maximum absolute atomic E-state index is 5.88. The first-order chi connectivity index (χ1) is 8.47. The van der Waals surface area contributed by atoms with E-state index in [2.05, 4.69) is 18.0 Å². The van der Waals surface area contributed by atoms with Gasteiger partial charge in [-0.25, -0.2) is 4.98 Å². The first-order valence-electron chi connectivity index (χ1n) is 5.96. The lowest BCUT2D eigenvalue weighted by atomic mass is 10.1. The van der Waals surface area contributed by atoms with Crippen LogP contribution in [0.2, 0.25) is 0 Å². The third-order valence-electron chi connectivity index (χ3n) is 3.00. The maximum atomic E-state index is 5.88. The molecule has 0 atom stereocenters. The van der Waals surface area contributed by atoms with Gasteiger partial charge in [0.15, 0.2) is 0 Å². The van der Waals surface area contributed by atoms with Crippen molar-refractivity contribution in [1.29, 1.82) is 0 Å². The first-order valence-corrected chi connectivity index (χ1v) is 5.96. The van der Waals surface area contributed by atoms with E-state index in [-0.39, 0.29) is 0 Å². The molecule has 3 nitrogen and oxygen atoms in total. The summed E-state index contributed by atoms with van der Waals surface area (Å²) < 4.78 is 5.85. The molecule has 1 heterocycles. The quantitative estimate of drug-likeness (QED) is 0.873. The summed E-state index contributed by atoms with van der Waals surface area (Å²) in [6.45, 7) is 8.07. The van der Waals surface area contributed by atoms with Crippen LogP contribution in [-0.2, 0) is 0 Å². The molecule has 2 N–H and O–H groups in total. The van der Waals surface area contributed by atoms with Crippen LogP contribution in [0.3, 0.4) is 0 Å². The molecule has 1 aromatic carbocycles. The molecule has 0 saturated heterocycles. The molecular weight excluding hydrogens is 224 g/mol. The van der Waals surface area contributed by atoms with E-state index in [1.54, 1.807) is 0 Å². The Bertz CT molecular complexity index is 591. The molecule has 0 unspecified atom stereocenters. The van der Waals surface area contributed by atoms with Gasteiger partial charge in [0.25, 0.3) is 0 Å². The number of rotatable bonds is 2. The van der Waals surface area contributed by atoms with Crippen LogP contribution in [0.15, 0.2) is 24.3 Å². The van der Waals surface area contributed by atoms with Crippen molar-refractivity contribution in [3.63, 3.8) is 0 Å². The number of nitrogen functional groups attached to an aromatic ring is 1. The number of hydrogen-bond acceptors (Lipinski definition) is 3. The molecule has 0 aliphatic rings. The molecule has 0 fully saturated rings. The maximum Gasteiger partial charge on any atom is 0.242 e. The Morgan fingerprint density at radius 1 is 1.06 bits per heavy atom. The van der Waals surface area contributed by atoms with E-state index in [1.165, 1.54) is 11.1 Å². The van der Waals surface area contributed by atoms with Gasteiger partial charge in [-0.1, -0.05) is 6.07 Å². The lowest BCUT2D eigenvalue weighted by Gasteiger charge is -2.13. The number of aromatic nitrogens is 1. The monoisotopic (exact) mass is 242 g/mol. The van der Waals surface area contributed by atoms with Gasteiger partial charge in [0, 0.05) is 5.69 Å². The SMILES string of the molecule is Cc1cc(C)c(C)c(Oc2nc(C)ccc2N)c1. The van der Waals surface area contributed by atoms with Gasteiger partial charge in [0.05, 0.1) is 5.69 Å². The topological polar surface area (TPSA) is 48.1 Å². The zero-order chi connectivity index (χ0) is 13.3. The van der Waals surface area contributed by atoms with E-state index in [0.717, 1.165) is 17.0 Å². The Hall–Kier alpha value is -2.03. The number of aryl methyl sites for hydroxylation is 3. The van der Waals surface area contributed by atoms with Crippen LogP contribution in [0.4, 0.5) is 5.69 Å². The van der Waals surface area contributed by atoms with Gasteiger partial charge in [-0.15, -0.1) is 0 Å². The highest BCUT2D eigenvalue weighted by atomic mass is 16.5. The molecule has 0 aliphatic heterocycles. The Labute approximate surface area is 108 Å². The molecule has 0 saturated carbocycles. The summed E-state index contributed by atoms with van der Waals surface area (Å²) in [4.78, 5) is 4.32. The van der Waals surface area contributed by atoms with Gasteiger partial charge >= 0.3 is 0 Å². The number of ether oxygens (including phenoxy) is 1. The molecular formula is C15H18N2O. The van der Waals surface area contributed by atoms with Crippen LogP contribution in [-0.4, -0.2) is 4.98 Å². The number of nitrogens with zero attached hydrogens (tertiary/aromatic N) is 1. The average molecular weight is 242 g/mol. The summed E-state index contributed by atoms with van der Waals surface area (Å²) in [5, 5.41) is 0. The second-order valence-corrected chi connectivity index (χ2v) is 4.65. The van der Waals surface area contributed by atoms with Crippen LogP contribution in [0.25, 0.3) is 0 Å². The molecule has 0 amide bonds. The molecule has 3 heteroatoms. The average Bonchev–Trinajstić information content (AvgIpc) is 2.30. The summed E-state index contributed by atoms with van der Waals surface area (Å²) >= 11 is 0. The molecule has 1 aromatic heterocycles. The minimum absolute atomic E-state index is 0.475. The largest absolute Gasteiger partial charge is 0.437 e. The van der Waals surface area contributed by atoms with E-state index in [4.69, 9.17) is 10.5 Å². The van der Waals surface area contributed by atoms with Gasteiger partial charge < -0.3 is 10.5 Å². The van der Waals surface area contributed by atoms with Crippen molar-refractivity contribution in [1.82, 2.24) is 4.98 Å². The standard InChI is InChI=1S/C15H18N2O/c1-9-7-10(2)12(4)14(8-9)18-15-13(16)6-5-11(3)17-15/h5-8H,16H2,1-4H3. The summed E-state index contributed by atoms with van der Waals surface area (Å²) in [6.07, 6.45) is 0. The van der Waals surface area contributed by atoms with Crippen molar-refractivity contribution in [2.75, 3.05) is 5.73 Å². The fraction of sp³-hybridized carbons (Fsp3) is 0.267. The van der Waals surface area contributed by atoms with Crippen LogP contribution in [0.5, 0.6) is 11.6 Å². The Kier molecular flexibility index (Phi) is 3.24. The Morgan fingerprint density at radius 3 is 2.50 bits per heavy atom. The minimum Gasteiger partial charge on any atom is -0.437 e. The highest BCUT2D eigenvalue weighted by Gasteiger charge is 2.08. The molecule has 0 spiro atoms. The second-order valence-electron chi connectivity index (χ2n) is 4.65. The van der Waals surface area contributed by atoms with Crippen molar-refractivity contribution in [2.45, 2.75) is 27.7 Å². The number of anilines is 1. The van der Waals surface area contributed by atoms with E-state index < -0.39 is 0 Å². The van der Waals surface area contributed by atoms with Gasteiger partial charge in [0.1, 0.15) is 5.75 Å². The highest BCUT2D eigenvalue weighted by Crippen LogP contribution is 2.30. The zero-order valence-corrected chi connectivity index (χ0v) is 11.2. The second kappa shape index (κ2) is 4.69. The van der Waals surface area contributed by atoms with Crippen molar-refractivity contribution < 1.29 is 4.74 Å². The molecule has 0 bridgehead atoms. The minimum atomic E-state index is 0.475. The molecule has 94 valence electrons. The van der Waals surface area contributed by atoms with Gasteiger partial charge in [0.2, 0.25) is 5.88 Å². The van der Waals surface area contributed by atoms with Gasteiger partial charge in [-0.05, 0) is 62.6 Å². The van der Waals surface area contributed by atoms with E-state index in [0.29, 0.717) is 11.6 Å². The summed E-state index contributed by atoms with van der Waals surface area (Å²) in [7, 11) is 0. The normalized spacial score (nSPS) is 10.4. The van der Waals surface area contributed by atoms with Gasteiger partial charge in [-0.2, -0.15) is 0 Å². The molecule has 18 heavy (non-hydrogen) atoms. The fourth-order valence-electron chi connectivity index (χ4n) is 1.84. The number of hydrogen-bond donors (Lipinski definition) is 1. The third kappa shape index (κ3) is 2.45. The van der Waals surface area contributed by atoms with E-state index in [1.807, 2.05) is 39.0 Å². The summed E-state index contributed by atoms with van der Waals surface area (Å²) in [5.74, 6) is 1.29. The summed E-state index contributed by atoms with van der Waals surface area (Å²) in [6, 6.07) is 7.83. The number of pyridine rings is 1. The first kappa shape index (κ1) is 12.4. The lowest BCUT2D eigenvalue weighted by Crippen LogP contribution is -1.98. The lowest BCUT2D eigenvalue weighted by molar-refractivity contribution is 0.460. The van der Waals surface area contributed by atoms with Crippen LogP contribution >= 0.6 is 0 Å². The molecule has 2 aromatic rings. The van der Waals surface area contributed by atoms with E-state index >= 15 is 0 Å². The third-order valence-corrected chi connectivity index (χ3v) is 3.00. The van der Waals surface area contributed by atoms with Crippen LogP contribution in [0, 0.1) is 27.7 Å². The predicted molar refractivity (Wildman–Crippen MR) is 74.1 cm³/mol. The van der Waals surface area contributed by atoms with Crippen molar-refractivity contribution >= 4 is 5.69 Å². The summed E-state index contributed by atoms with van der Waals surface area (Å²) in [5.41, 5.74) is 10.8.